The summed E-state index contributed by atoms with van der Waals surface area (Å²) < 4.78 is 31.5. The topological polar surface area (TPSA) is 98.5 Å². The van der Waals surface area contributed by atoms with Gasteiger partial charge in [0.15, 0.2) is 0 Å². The average molecular weight is 362 g/mol. The van der Waals surface area contributed by atoms with E-state index in [1.807, 2.05) is 0 Å². The molecule has 26 heavy (non-hydrogen) atoms. The van der Waals surface area contributed by atoms with Crippen molar-refractivity contribution >= 4 is 17.8 Å². The molecule has 0 aliphatic rings. The number of carbonyl (C=O) groups excluding carboxylic acids is 3. The minimum absolute atomic E-state index is 0.00824. The first kappa shape index (κ1) is 19.0. The van der Waals surface area contributed by atoms with Gasteiger partial charge in [0.1, 0.15) is 24.3 Å². The third-order valence-electron chi connectivity index (χ3n) is 3.44. The van der Waals surface area contributed by atoms with Crippen molar-refractivity contribution in [3.05, 3.63) is 71.3 Å². The molecular formula is C18H16F2N2O4. The zero-order valence-electron chi connectivity index (χ0n) is 13.6. The SMILES string of the molecule is NC(=O)[C@H](CC(=O)OCc1ccccc1)NC(=O)c1ccc(F)cc1F. The second kappa shape index (κ2) is 8.70. The monoisotopic (exact) mass is 362 g/mol. The zero-order valence-corrected chi connectivity index (χ0v) is 13.6. The van der Waals surface area contributed by atoms with Crippen molar-refractivity contribution in [1.82, 2.24) is 5.32 Å². The maximum atomic E-state index is 13.6. The Bertz CT molecular complexity index is 812. The van der Waals surface area contributed by atoms with Crippen LogP contribution < -0.4 is 11.1 Å². The summed E-state index contributed by atoms with van der Waals surface area (Å²) in [6, 6.07) is 9.79. The van der Waals surface area contributed by atoms with E-state index < -0.39 is 47.4 Å². The Morgan fingerprint density at radius 2 is 1.77 bits per heavy atom. The fraction of sp³-hybridized carbons (Fsp3) is 0.167. The molecule has 136 valence electrons. The Balaban J connectivity index is 1.96. The van der Waals surface area contributed by atoms with Gasteiger partial charge in [-0.3, -0.25) is 14.4 Å². The van der Waals surface area contributed by atoms with E-state index in [0.29, 0.717) is 6.07 Å². The predicted molar refractivity (Wildman–Crippen MR) is 87.7 cm³/mol. The highest BCUT2D eigenvalue weighted by atomic mass is 19.1. The standard InChI is InChI=1S/C18H16F2N2O4/c19-12-6-7-13(14(20)8-12)18(25)22-15(17(21)24)9-16(23)26-10-11-4-2-1-3-5-11/h1-8,15H,9-10H2,(H2,21,24)(H,22,25)/t15-/m0/s1. The minimum atomic E-state index is -1.39. The van der Waals surface area contributed by atoms with Crippen LogP contribution in [0.2, 0.25) is 0 Å². The van der Waals surface area contributed by atoms with Crippen molar-refractivity contribution in [3.63, 3.8) is 0 Å². The van der Waals surface area contributed by atoms with Gasteiger partial charge in [-0.15, -0.1) is 0 Å². The number of nitrogens with two attached hydrogens (primary N) is 1. The first-order valence-corrected chi connectivity index (χ1v) is 7.61. The van der Waals surface area contributed by atoms with Gasteiger partial charge >= 0.3 is 5.97 Å². The molecule has 0 heterocycles. The Kier molecular flexibility index (Phi) is 6.37. The maximum absolute atomic E-state index is 13.6. The van der Waals surface area contributed by atoms with Gasteiger partial charge < -0.3 is 15.8 Å². The van der Waals surface area contributed by atoms with Crippen molar-refractivity contribution < 1.29 is 27.9 Å². The molecule has 2 aromatic rings. The quantitative estimate of drug-likeness (QED) is 0.732. The van der Waals surface area contributed by atoms with Gasteiger partial charge in [0, 0.05) is 6.07 Å². The molecular weight excluding hydrogens is 346 g/mol. The lowest BCUT2D eigenvalue weighted by atomic mass is 10.1. The smallest absolute Gasteiger partial charge is 0.308 e. The molecule has 2 rings (SSSR count). The molecule has 8 heteroatoms. The van der Waals surface area contributed by atoms with E-state index in [-0.39, 0.29) is 6.61 Å². The van der Waals surface area contributed by atoms with Crippen molar-refractivity contribution in [1.29, 1.82) is 0 Å². The second-order valence-corrected chi connectivity index (χ2v) is 5.40. The normalized spacial score (nSPS) is 11.5. The van der Waals surface area contributed by atoms with Crippen molar-refractivity contribution in [2.24, 2.45) is 5.73 Å². The number of nitrogens with one attached hydrogen (secondary N) is 1. The molecule has 0 bridgehead atoms. The van der Waals surface area contributed by atoms with Crippen LogP contribution in [0.5, 0.6) is 0 Å². The summed E-state index contributed by atoms with van der Waals surface area (Å²) in [6.45, 7) is -0.00824. The van der Waals surface area contributed by atoms with E-state index in [2.05, 4.69) is 5.32 Å². The lowest BCUT2D eigenvalue weighted by molar-refractivity contribution is -0.146. The first-order valence-electron chi connectivity index (χ1n) is 7.61. The number of hydrogen-bond donors (Lipinski definition) is 2. The van der Waals surface area contributed by atoms with Crippen LogP contribution in [-0.4, -0.2) is 23.8 Å². The molecule has 0 fully saturated rings. The maximum Gasteiger partial charge on any atom is 0.308 e. The van der Waals surface area contributed by atoms with Gasteiger partial charge in [0.05, 0.1) is 12.0 Å². The number of halogens is 2. The molecule has 0 saturated heterocycles. The third kappa shape index (κ3) is 5.37. The van der Waals surface area contributed by atoms with Gasteiger partial charge in [-0.1, -0.05) is 30.3 Å². The predicted octanol–water partition coefficient (Wildman–Crippen LogP) is 1.68. The van der Waals surface area contributed by atoms with Crippen LogP contribution in [0.1, 0.15) is 22.3 Å². The van der Waals surface area contributed by atoms with Gasteiger partial charge in [0.25, 0.3) is 5.91 Å². The highest BCUT2D eigenvalue weighted by Crippen LogP contribution is 2.10. The second-order valence-electron chi connectivity index (χ2n) is 5.40. The molecule has 6 nitrogen and oxygen atoms in total. The summed E-state index contributed by atoms with van der Waals surface area (Å²) in [5.41, 5.74) is 5.43. The molecule has 2 aromatic carbocycles. The van der Waals surface area contributed by atoms with E-state index in [9.17, 15) is 23.2 Å². The first-order chi connectivity index (χ1) is 12.4. The minimum Gasteiger partial charge on any atom is -0.461 e. The number of esters is 1. The molecule has 0 aliphatic heterocycles. The Hall–Kier alpha value is -3.29. The Morgan fingerprint density at radius 1 is 1.08 bits per heavy atom. The Labute approximate surface area is 147 Å². The van der Waals surface area contributed by atoms with E-state index in [1.54, 1.807) is 30.3 Å². The molecule has 3 N–H and O–H groups in total. The zero-order chi connectivity index (χ0) is 19.1. The summed E-state index contributed by atoms with van der Waals surface area (Å²) in [7, 11) is 0. The van der Waals surface area contributed by atoms with Crippen LogP contribution in [-0.2, 0) is 20.9 Å². The van der Waals surface area contributed by atoms with Crippen LogP contribution >= 0.6 is 0 Å². The van der Waals surface area contributed by atoms with Crippen LogP contribution in [0.3, 0.4) is 0 Å². The summed E-state index contributed by atoms with van der Waals surface area (Å²) in [6.07, 6.45) is -0.517. The molecule has 0 aromatic heterocycles. The Morgan fingerprint density at radius 3 is 2.38 bits per heavy atom. The molecule has 0 spiro atoms. The van der Waals surface area contributed by atoms with Crippen molar-refractivity contribution in [2.75, 3.05) is 0 Å². The number of rotatable bonds is 7. The molecule has 0 radical (unpaired) electrons. The third-order valence-corrected chi connectivity index (χ3v) is 3.44. The van der Waals surface area contributed by atoms with Gasteiger partial charge in [-0.2, -0.15) is 0 Å². The largest absolute Gasteiger partial charge is 0.461 e. The van der Waals surface area contributed by atoms with Gasteiger partial charge in [-0.05, 0) is 17.7 Å². The average Bonchev–Trinajstić information content (AvgIpc) is 2.60. The van der Waals surface area contributed by atoms with Crippen LogP contribution in [0.25, 0.3) is 0 Å². The fourth-order valence-electron chi connectivity index (χ4n) is 2.10. The van der Waals surface area contributed by atoms with Crippen LogP contribution in [0.4, 0.5) is 8.78 Å². The van der Waals surface area contributed by atoms with Crippen LogP contribution in [0.15, 0.2) is 48.5 Å². The van der Waals surface area contributed by atoms with E-state index in [4.69, 9.17) is 10.5 Å². The molecule has 0 saturated carbocycles. The summed E-state index contributed by atoms with van der Waals surface area (Å²) in [5.74, 6) is -4.70. The van der Waals surface area contributed by atoms with Crippen molar-refractivity contribution in [2.45, 2.75) is 19.1 Å². The number of primary amides is 1. The molecule has 2 amide bonds. The summed E-state index contributed by atoms with van der Waals surface area (Å²) in [4.78, 5) is 35.3. The van der Waals surface area contributed by atoms with E-state index >= 15 is 0 Å². The number of benzene rings is 2. The number of ether oxygens (including phenoxy) is 1. The number of amides is 2. The van der Waals surface area contributed by atoms with Crippen LogP contribution in [0, 0.1) is 11.6 Å². The number of hydrogen-bond acceptors (Lipinski definition) is 4. The van der Waals surface area contributed by atoms with E-state index in [1.165, 1.54) is 0 Å². The fourth-order valence-corrected chi connectivity index (χ4v) is 2.10. The van der Waals surface area contributed by atoms with Gasteiger partial charge in [-0.25, -0.2) is 8.78 Å². The number of carbonyl (C=O) groups is 3. The lowest BCUT2D eigenvalue weighted by Crippen LogP contribution is -2.46. The summed E-state index contributed by atoms with van der Waals surface area (Å²) in [5, 5.41) is 2.15. The highest BCUT2D eigenvalue weighted by Gasteiger charge is 2.24. The van der Waals surface area contributed by atoms with Gasteiger partial charge in [0.2, 0.25) is 5.91 Å². The van der Waals surface area contributed by atoms with Crippen molar-refractivity contribution in [3.8, 4) is 0 Å². The highest BCUT2D eigenvalue weighted by molar-refractivity contribution is 5.98. The molecule has 1 atom stereocenters. The summed E-state index contributed by atoms with van der Waals surface area (Å²) >= 11 is 0. The van der Waals surface area contributed by atoms with E-state index in [0.717, 1.165) is 17.7 Å². The lowest BCUT2D eigenvalue weighted by Gasteiger charge is -2.15. The molecule has 0 aliphatic carbocycles. The molecule has 0 unspecified atom stereocenters.